The summed E-state index contributed by atoms with van der Waals surface area (Å²) in [6.07, 6.45) is 4.64. The van der Waals surface area contributed by atoms with E-state index in [-0.39, 0.29) is 42.5 Å². The molecular weight excluding hydrogens is 773 g/mol. The molecule has 0 bridgehead atoms. The number of benzene rings is 5. The van der Waals surface area contributed by atoms with E-state index in [2.05, 4.69) is 67.6 Å². The van der Waals surface area contributed by atoms with Crippen molar-refractivity contribution in [1.29, 1.82) is 0 Å². The number of carbonyl (C=O) groups excluding carboxylic acids is 1. The molecule has 0 aliphatic rings. The number of fused-ring (bicyclic) bond motifs is 8. The molecule has 0 atom stereocenters. The van der Waals surface area contributed by atoms with Crippen molar-refractivity contribution < 1.29 is 34.4 Å². The number of ketones is 1. The van der Waals surface area contributed by atoms with Gasteiger partial charge in [-0.25, -0.2) is 4.98 Å². The second-order valence-corrected chi connectivity index (χ2v) is 13.6. The number of aryl methyl sites for hydroxylation is 1. The van der Waals surface area contributed by atoms with E-state index in [0.29, 0.717) is 0 Å². The maximum Gasteiger partial charge on any atom is 0.164 e. The van der Waals surface area contributed by atoms with Crippen molar-refractivity contribution in [3.63, 3.8) is 0 Å². The Morgan fingerprint density at radius 2 is 1.50 bits per heavy atom. The quantitative estimate of drug-likeness (QED) is 0.0783. The van der Waals surface area contributed by atoms with Gasteiger partial charge < -0.3 is 9.52 Å². The van der Waals surface area contributed by atoms with E-state index >= 15 is 0 Å². The van der Waals surface area contributed by atoms with Crippen molar-refractivity contribution in [3.05, 3.63) is 109 Å². The van der Waals surface area contributed by atoms with Crippen LogP contribution in [-0.4, -0.2) is 20.9 Å². The Balaban J connectivity index is 0.000000243. The summed E-state index contributed by atoms with van der Waals surface area (Å²) in [6, 6.07) is 30.6. The fourth-order valence-corrected chi connectivity index (χ4v) is 5.86. The summed E-state index contributed by atoms with van der Waals surface area (Å²) < 4.78 is 6.26. The number of aliphatic hydroxyl groups excluding tert-OH is 1. The van der Waals surface area contributed by atoms with Crippen LogP contribution in [0.25, 0.3) is 65.6 Å². The Morgan fingerprint density at radius 1 is 0.833 bits per heavy atom. The van der Waals surface area contributed by atoms with Crippen LogP contribution in [0.4, 0.5) is 0 Å². The van der Waals surface area contributed by atoms with Crippen LogP contribution < -0.4 is 0 Å². The summed E-state index contributed by atoms with van der Waals surface area (Å²) in [7, 11) is 0. The number of para-hydroxylation sites is 1. The number of aromatic nitrogens is 2. The third-order valence-electron chi connectivity index (χ3n) is 9.80. The van der Waals surface area contributed by atoms with E-state index in [1.807, 2.05) is 65.8 Å². The van der Waals surface area contributed by atoms with E-state index < -0.39 is 0 Å². The minimum atomic E-state index is -0.377. The fraction of sp³-hybridized carbons (Fsp3) is 0.262. The average molecular weight is 814 g/mol. The summed E-state index contributed by atoms with van der Waals surface area (Å²) in [5.41, 5.74) is 4.87. The first-order chi connectivity index (χ1) is 22.5. The Bertz CT molecular complexity index is 2330. The van der Waals surface area contributed by atoms with Gasteiger partial charge in [0.2, 0.25) is 0 Å². The van der Waals surface area contributed by atoms with Crippen molar-refractivity contribution in [2.24, 2.45) is 10.8 Å². The predicted molar refractivity (Wildman–Crippen MR) is 195 cm³/mol. The molecule has 5 nitrogen and oxygen atoms in total. The standard InChI is InChI=1S/C29H17N2O.C13H24O2.Ir/c1-17-15-18-7-2-3-8-19(18)21-13-14-23-27(30-16-31-28(23)26(17)21)24-11-6-10-22-20-9-4-5-12-25(20)32-29(22)24;1-7-12(3,4)10(14)9-11(15)13(5,6)8-2;/h2-10,12-16H,1H3;9,14H,7-8H2,1-6H3;/q-1;;/b;10-9-;. The molecule has 7 rings (SSSR count). The topological polar surface area (TPSA) is 76.2 Å². The zero-order valence-electron chi connectivity index (χ0n) is 28.6. The predicted octanol–water partition coefficient (Wildman–Crippen LogP) is 11.5. The summed E-state index contributed by atoms with van der Waals surface area (Å²) in [6.45, 7) is 13.8. The minimum absolute atomic E-state index is 0. The number of hydrogen-bond acceptors (Lipinski definition) is 5. The Kier molecular flexibility index (Phi) is 9.92. The van der Waals surface area contributed by atoms with Gasteiger partial charge >= 0.3 is 0 Å². The Morgan fingerprint density at radius 3 is 2.23 bits per heavy atom. The summed E-state index contributed by atoms with van der Waals surface area (Å²) >= 11 is 0. The minimum Gasteiger partial charge on any atom is -0.512 e. The van der Waals surface area contributed by atoms with Crippen LogP contribution in [0.2, 0.25) is 0 Å². The van der Waals surface area contributed by atoms with Gasteiger partial charge in [-0.2, -0.15) is 0 Å². The van der Waals surface area contributed by atoms with Crippen LogP contribution >= 0.6 is 0 Å². The maximum atomic E-state index is 11.8. The average Bonchev–Trinajstić information content (AvgIpc) is 3.47. The van der Waals surface area contributed by atoms with Crippen LogP contribution in [0.3, 0.4) is 0 Å². The van der Waals surface area contributed by atoms with Crippen molar-refractivity contribution in [2.45, 2.75) is 61.3 Å². The van der Waals surface area contributed by atoms with E-state index in [1.165, 1.54) is 33.2 Å². The monoisotopic (exact) mass is 814 g/mol. The van der Waals surface area contributed by atoms with Gasteiger partial charge in [-0.3, -0.25) is 9.78 Å². The smallest absolute Gasteiger partial charge is 0.164 e. The van der Waals surface area contributed by atoms with Crippen molar-refractivity contribution in [3.8, 4) is 11.3 Å². The molecule has 2 heterocycles. The summed E-state index contributed by atoms with van der Waals surface area (Å²) in [5.74, 6) is 0.195. The van der Waals surface area contributed by atoms with Crippen molar-refractivity contribution in [1.82, 2.24) is 9.97 Å². The zero-order valence-corrected chi connectivity index (χ0v) is 31.0. The molecule has 0 saturated heterocycles. The largest absolute Gasteiger partial charge is 0.512 e. The molecule has 2 aromatic heterocycles. The molecule has 0 spiro atoms. The van der Waals surface area contributed by atoms with Crippen molar-refractivity contribution >= 4 is 60.2 Å². The van der Waals surface area contributed by atoms with Gasteiger partial charge in [0.1, 0.15) is 17.7 Å². The third-order valence-corrected chi connectivity index (χ3v) is 9.80. The van der Waals surface area contributed by atoms with Gasteiger partial charge in [0.25, 0.3) is 0 Å². The molecule has 1 radical (unpaired) electrons. The number of aliphatic hydroxyl groups is 1. The first kappa shape index (κ1) is 34.9. The number of allylic oxidation sites excluding steroid dienone is 2. The number of furan rings is 1. The number of carbonyl (C=O) groups is 1. The Labute approximate surface area is 295 Å². The zero-order chi connectivity index (χ0) is 33.5. The molecule has 5 aromatic carbocycles. The van der Waals surface area contributed by atoms with E-state index in [1.54, 1.807) is 6.33 Å². The second-order valence-electron chi connectivity index (χ2n) is 13.6. The molecule has 6 heteroatoms. The Hall–Kier alpha value is -4.38. The molecule has 0 amide bonds. The third kappa shape index (κ3) is 6.27. The number of hydrogen-bond donors (Lipinski definition) is 1. The van der Waals surface area contributed by atoms with Gasteiger partial charge in [0.05, 0.1) is 11.1 Å². The van der Waals surface area contributed by atoms with Crippen LogP contribution in [0.15, 0.2) is 101 Å². The number of rotatable bonds is 6. The molecular formula is C42H41IrN2O3-. The van der Waals surface area contributed by atoms with Gasteiger partial charge in [-0.05, 0) is 52.9 Å². The van der Waals surface area contributed by atoms with Crippen LogP contribution in [-0.2, 0) is 24.9 Å². The van der Waals surface area contributed by atoms with Crippen LogP contribution in [0, 0.1) is 23.8 Å². The molecule has 48 heavy (non-hydrogen) atoms. The van der Waals surface area contributed by atoms with Crippen molar-refractivity contribution in [2.75, 3.05) is 0 Å². The van der Waals surface area contributed by atoms with Crippen LogP contribution in [0.1, 0.15) is 59.9 Å². The molecule has 0 unspecified atom stereocenters. The first-order valence-electron chi connectivity index (χ1n) is 16.3. The molecule has 0 aliphatic heterocycles. The van der Waals surface area contributed by atoms with Gasteiger partial charge in [-0.1, -0.05) is 113 Å². The fourth-order valence-electron chi connectivity index (χ4n) is 5.86. The van der Waals surface area contributed by atoms with Gasteiger partial charge in [0.15, 0.2) is 5.78 Å². The normalized spacial score (nSPS) is 12.4. The van der Waals surface area contributed by atoms with Gasteiger partial charge in [-0.15, -0.1) is 18.2 Å². The molecule has 7 aromatic rings. The summed E-state index contributed by atoms with van der Waals surface area (Å²) in [5, 5.41) is 17.9. The van der Waals surface area contributed by atoms with E-state index in [9.17, 15) is 9.90 Å². The first-order valence-corrected chi connectivity index (χ1v) is 16.3. The SMILES string of the molecule is CCC(C)(C)C(=O)/C=C(\O)C(C)(C)CC.Cc1cc2ccccc2c2ccc3c(-c4[c-]ccc5c4oc4ccccc45)ncnc3c12.[Ir]. The number of nitrogens with zero attached hydrogens (tertiary/aromatic N) is 2. The molecule has 1 N–H and O–H groups in total. The molecule has 0 fully saturated rings. The maximum absolute atomic E-state index is 11.8. The second kappa shape index (κ2) is 13.6. The van der Waals surface area contributed by atoms with Crippen LogP contribution in [0.5, 0.6) is 0 Å². The summed E-state index contributed by atoms with van der Waals surface area (Å²) in [4.78, 5) is 21.3. The van der Waals surface area contributed by atoms with E-state index in [4.69, 9.17) is 14.4 Å². The molecule has 0 aliphatic carbocycles. The van der Waals surface area contributed by atoms with Gasteiger partial charge in [0, 0.05) is 53.5 Å². The molecule has 0 saturated carbocycles. The van der Waals surface area contributed by atoms with E-state index in [0.717, 1.165) is 56.9 Å². The molecule has 247 valence electrons.